The zero-order valence-corrected chi connectivity index (χ0v) is 7.97. The predicted octanol–water partition coefficient (Wildman–Crippen LogP) is -0.303. The normalized spacial score (nSPS) is 20.8. The highest BCUT2D eigenvalue weighted by molar-refractivity contribution is 7.89. The standard InChI is InChI=1S/C7H15NO3S/c1-6(9)4-8-12(10,11)5-7-2-3-7/h6-9H,2-5H2,1H3/t6-/m1/s1. The maximum atomic E-state index is 11.2. The lowest BCUT2D eigenvalue weighted by molar-refractivity contribution is 0.198. The lowest BCUT2D eigenvalue weighted by Gasteiger charge is -2.06. The van der Waals surface area contributed by atoms with Crippen molar-refractivity contribution in [3.63, 3.8) is 0 Å². The molecule has 0 aromatic carbocycles. The van der Waals surface area contributed by atoms with Crippen molar-refractivity contribution in [3.05, 3.63) is 0 Å². The number of aliphatic hydroxyl groups is 1. The Morgan fingerprint density at radius 2 is 2.17 bits per heavy atom. The minimum Gasteiger partial charge on any atom is -0.392 e. The van der Waals surface area contributed by atoms with E-state index in [1.165, 1.54) is 0 Å². The summed E-state index contributed by atoms with van der Waals surface area (Å²) in [5.74, 6) is 0.580. The molecule has 0 bridgehead atoms. The van der Waals surface area contributed by atoms with Gasteiger partial charge in [0.05, 0.1) is 11.9 Å². The largest absolute Gasteiger partial charge is 0.392 e. The molecule has 0 amide bonds. The first-order chi connectivity index (χ1) is 5.49. The fraction of sp³-hybridized carbons (Fsp3) is 1.00. The van der Waals surface area contributed by atoms with Crippen LogP contribution in [0, 0.1) is 5.92 Å². The SMILES string of the molecule is C[C@@H](O)CNS(=O)(=O)CC1CC1. The highest BCUT2D eigenvalue weighted by atomic mass is 32.2. The fourth-order valence-corrected chi connectivity index (χ4v) is 2.47. The van der Waals surface area contributed by atoms with Gasteiger partial charge in [0.25, 0.3) is 0 Å². The molecule has 2 N–H and O–H groups in total. The molecule has 0 saturated heterocycles. The third kappa shape index (κ3) is 4.04. The Morgan fingerprint density at radius 3 is 2.58 bits per heavy atom. The molecule has 1 saturated carbocycles. The van der Waals surface area contributed by atoms with Gasteiger partial charge in [-0.05, 0) is 25.7 Å². The lowest BCUT2D eigenvalue weighted by atomic mass is 10.4. The summed E-state index contributed by atoms with van der Waals surface area (Å²) >= 11 is 0. The van der Waals surface area contributed by atoms with E-state index in [2.05, 4.69) is 4.72 Å². The maximum Gasteiger partial charge on any atom is 0.211 e. The van der Waals surface area contributed by atoms with Crippen molar-refractivity contribution in [1.82, 2.24) is 4.72 Å². The average Bonchev–Trinajstić information content (AvgIpc) is 2.67. The molecule has 0 radical (unpaired) electrons. The Morgan fingerprint density at radius 1 is 1.58 bits per heavy atom. The van der Waals surface area contributed by atoms with Crippen molar-refractivity contribution >= 4 is 10.0 Å². The molecule has 0 aliphatic heterocycles. The minimum atomic E-state index is -3.12. The van der Waals surface area contributed by atoms with Crippen LogP contribution in [0.2, 0.25) is 0 Å². The van der Waals surface area contributed by atoms with Crippen LogP contribution in [0.5, 0.6) is 0 Å². The van der Waals surface area contributed by atoms with Crippen LogP contribution < -0.4 is 4.72 Å². The zero-order chi connectivity index (χ0) is 9.19. The van der Waals surface area contributed by atoms with Gasteiger partial charge in [-0.1, -0.05) is 0 Å². The Kier molecular flexibility index (Phi) is 3.09. The van der Waals surface area contributed by atoms with Gasteiger partial charge in [-0.15, -0.1) is 0 Å². The number of sulfonamides is 1. The van der Waals surface area contributed by atoms with Crippen molar-refractivity contribution in [2.45, 2.75) is 25.9 Å². The molecule has 1 atom stereocenters. The molecule has 1 aliphatic carbocycles. The smallest absolute Gasteiger partial charge is 0.211 e. The molecule has 5 heteroatoms. The summed E-state index contributed by atoms with van der Waals surface area (Å²) in [6, 6.07) is 0. The van der Waals surface area contributed by atoms with Gasteiger partial charge in [0.2, 0.25) is 10.0 Å². The molecule has 0 aromatic rings. The van der Waals surface area contributed by atoms with Gasteiger partial charge in [-0.25, -0.2) is 13.1 Å². The van der Waals surface area contributed by atoms with Gasteiger partial charge in [0, 0.05) is 6.54 Å². The number of hydrogen-bond acceptors (Lipinski definition) is 3. The molecule has 4 nitrogen and oxygen atoms in total. The van der Waals surface area contributed by atoms with E-state index < -0.39 is 16.1 Å². The van der Waals surface area contributed by atoms with Crippen LogP contribution in [-0.2, 0) is 10.0 Å². The monoisotopic (exact) mass is 193 g/mol. The van der Waals surface area contributed by atoms with Gasteiger partial charge >= 0.3 is 0 Å². The van der Waals surface area contributed by atoms with Crippen LogP contribution in [-0.4, -0.2) is 31.9 Å². The van der Waals surface area contributed by atoms with E-state index in [9.17, 15) is 8.42 Å². The molecule has 12 heavy (non-hydrogen) atoms. The van der Waals surface area contributed by atoms with Gasteiger partial charge in [-0.3, -0.25) is 0 Å². The first kappa shape index (κ1) is 9.95. The molecule has 1 rings (SSSR count). The number of hydrogen-bond donors (Lipinski definition) is 2. The van der Waals surface area contributed by atoms with Crippen LogP contribution in [0.4, 0.5) is 0 Å². The number of aliphatic hydroxyl groups excluding tert-OH is 1. The molecule has 0 aromatic heterocycles. The Balaban J connectivity index is 2.27. The van der Waals surface area contributed by atoms with Crippen molar-refractivity contribution in [1.29, 1.82) is 0 Å². The van der Waals surface area contributed by atoms with E-state index in [0.717, 1.165) is 12.8 Å². The summed E-state index contributed by atoms with van der Waals surface area (Å²) in [5.41, 5.74) is 0. The molecule has 72 valence electrons. The van der Waals surface area contributed by atoms with E-state index >= 15 is 0 Å². The number of nitrogens with one attached hydrogen (secondary N) is 1. The topological polar surface area (TPSA) is 66.4 Å². The van der Waals surface area contributed by atoms with Crippen LogP contribution in [0.1, 0.15) is 19.8 Å². The average molecular weight is 193 g/mol. The second-order valence-corrected chi connectivity index (χ2v) is 5.27. The van der Waals surface area contributed by atoms with E-state index in [0.29, 0.717) is 5.92 Å². The van der Waals surface area contributed by atoms with Gasteiger partial charge in [-0.2, -0.15) is 0 Å². The molecule has 0 spiro atoms. The minimum absolute atomic E-state index is 0.120. The highest BCUT2D eigenvalue weighted by Crippen LogP contribution is 2.29. The molecule has 1 fully saturated rings. The van der Waals surface area contributed by atoms with Crippen molar-refractivity contribution in [2.75, 3.05) is 12.3 Å². The summed E-state index contributed by atoms with van der Waals surface area (Å²) < 4.78 is 24.7. The van der Waals surface area contributed by atoms with Crippen molar-refractivity contribution in [2.24, 2.45) is 5.92 Å². The van der Waals surface area contributed by atoms with E-state index in [1.807, 2.05) is 0 Å². The van der Waals surface area contributed by atoms with E-state index in [-0.39, 0.29) is 12.3 Å². The summed E-state index contributed by atoms with van der Waals surface area (Å²) in [7, 11) is -3.12. The molecular formula is C7H15NO3S. The van der Waals surface area contributed by atoms with E-state index in [4.69, 9.17) is 5.11 Å². The predicted molar refractivity (Wildman–Crippen MR) is 46.2 cm³/mol. The van der Waals surface area contributed by atoms with Gasteiger partial charge in [0.1, 0.15) is 0 Å². The third-order valence-corrected chi connectivity index (χ3v) is 3.27. The van der Waals surface area contributed by atoms with Gasteiger partial charge in [0.15, 0.2) is 0 Å². The molecular weight excluding hydrogens is 178 g/mol. The third-order valence-electron chi connectivity index (χ3n) is 1.75. The van der Waals surface area contributed by atoms with Crippen molar-refractivity contribution < 1.29 is 13.5 Å². The molecule has 1 aliphatic rings. The Labute approximate surface area is 73.0 Å². The fourth-order valence-electron chi connectivity index (χ4n) is 0.901. The van der Waals surface area contributed by atoms with E-state index in [1.54, 1.807) is 6.92 Å². The Hall–Kier alpha value is -0.130. The molecule has 0 heterocycles. The first-order valence-electron chi connectivity index (χ1n) is 4.15. The second kappa shape index (κ2) is 3.72. The molecule has 0 unspecified atom stereocenters. The zero-order valence-electron chi connectivity index (χ0n) is 7.16. The van der Waals surface area contributed by atoms with Gasteiger partial charge < -0.3 is 5.11 Å². The second-order valence-electron chi connectivity index (χ2n) is 3.42. The van der Waals surface area contributed by atoms with Crippen LogP contribution in [0.3, 0.4) is 0 Å². The summed E-state index contributed by atoms with van der Waals surface area (Å²) in [4.78, 5) is 0. The summed E-state index contributed by atoms with van der Waals surface area (Å²) in [6.45, 7) is 1.68. The number of rotatable bonds is 5. The van der Waals surface area contributed by atoms with Crippen LogP contribution >= 0.6 is 0 Å². The van der Waals surface area contributed by atoms with Crippen molar-refractivity contribution in [3.8, 4) is 0 Å². The quantitative estimate of drug-likeness (QED) is 0.630. The maximum absolute atomic E-state index is 11.2. The summed E-state index contributed by atoms with van der Waals surface area (Å²) in [6.07, 6.45) is 1.43. The Bertz CT molecular complexity index is 231. The first-order valence-corrected chi connectivity index (χ1v) is 5.80. The lowest BCUT2D eigenvalue weighted by Crippen LogP contribution is -2.32. The summed E-state index contributed by atoms with van der Waals surface area (Å²) in [5, 5.41) is 8.84. The van der Waals surface area contributed by atoms with Crippen LogP contribution in [0.25, 0.3) is 0 Å². The highest BCUT2D eigenvalue weighted by Gasteiger charge is 2.27. The van der Waals surface area contributed by atoms with Crippen LogP contribution in [0.15, 0.2) is 0 Å².